The molecule has 0 saturated heterocycles. The van der Waals surface area contributed by atoms with E-state index in [0.29, 0.717) is 28.5 Å². The Morgan fingerprint density at radius 3 is 2.88 bits per heavy atom. The summed E-state index contributed by atoms with van der Waals surface area (Å²) in [5.41, 5.74) is 2.96. The van der Waals surface area contributed by atoms with Crippen LogP contribution in [0.2, 0.25) is 0 Å². The lowest BCUT2D eigenvalue weighted by molar-refractivity contribution is 0.0933. The van der Waals surface area contributed by atoms with Crippen LogP contribution in [-0.2, 0) is 0 Å². The van der Waals surface area contributed by atoms with Gasteiger partial charge in [-0.2, -0.15) is 0 Å². The summed E-state index contributed by atoms with van der Waals surface area (Å²) in [6.45, 7) is 3.93. The third kappa shape index (κ3) is 2.99. The summed E-state index contributed by atoms with van der Waals surface area (Å²) < 4.78 is 15.3. The summed E-state index contributed by atoms with van der Waals surface area (Å²) in [5.74, 6) is 0.0298. The van der Waals surface area contributed by atoms with Gasteiger partial charge < -0.3 is 5.32 Å². The van der Waals surface area contributed by atoms with E-state index in [2.05, 4.69) is 15.3 Å². The molecular weight excluding hydrogens is 319 g/mol. The van der Waals surface area contributed by atoms with Crippen LogP contribution in [0, 0.1) is 18.7 Å². The average Bonchev–Trinajstić information content (AvgIpc) is 3.34. The topological polar surface area (TPSA) is 59.3 Å². The fourth-order valence-corrected chi connectivity index (χ4v) is 3.07. The Bertz CT molecular complexity index is 961. The number of benzene rings is 1. The van der Waals surface area contributed by atoms with Crippen molar-refractivity contribution in [2.75, 3.05) is 0 Å². The number of fused-ring (bicyclic) bond motifs is 1. The fraction of sp³-hybridized carbons (Fsp3) is 0.316. The molecule has 0 radical (unpaired) electrons. The molecule has 0 spiro atoms. The van der Waals surface area contributed by atoms with E-state index in [4.69, 9.17) is 0 Å². The minimum Gasteiger partial charge on any atom is -0.348 e. The third-order valence-corrected chi connectivity index (χ3v) is 4.72. The van der Waals surface area contributed by atoms with Gasteiger partial charge in [0, 0.05) is 17.3 Å². The molecular formula is C19H19FN4O. The Morgan fingerprint density at radius 1 is 1.36 bits per heavy atom. The number of rotatable bonds is 4. The van der Waals surface area contributed by atoms with Crippen molar-refractivity contribution in [2.24, 2.45) is 5.92 Å². The molecule has 0 unspecified atom stereocenters. The van der Waals surface area contributed by atoms with Crippen molar-refractivity contribution in [3.05, 3.63) is 53.9 Å². The first kappa shape index (κ1) is 15.7. The molecule has 3 aromatic rings. The average molecular weight is 338 g/mol. The number of nitrogens with zero attached hydrogens (tertiary/aromatic N) is 3. The lowest BCUT2D eigenvalue weighted by Gasteiger charge is -2.12. The first-order chi connectivity index (χ1) is 12.0. The summed E-state index contributed by atoms with van der Waals surface area (Å²) >= 11 is 0. The number of hydrogen-bond acceptors (Lipinski definition) is 3. The minimum absolute atomic E-state index is 0.136. The standard InChI is InChI=1S/C19H19FN4O/c1-11-8-16(14-4-3-5-15(20)9-14)23-18-17(21-10-24(11)18)19(25)22-12(2)13-6-7-13/h3-5,8-10,12-13H,6-7H2,1-2H3,(H,22,25)/t12-/m1/s1. The van der Waals surface area contributed by atoms with Gasteiger partial charge in [0.2, 0.25) is 0 Å². The highest BCUT2D eigenvalue weighted by atomic mass is 19.1. The smallest absolute Gasteiger partial charge is 0.274 e. The van der Waals surface area contributed by atoms with E-state index < -0.39 is 0 Å². The van der Waals surface area contributed by atoms with Gasteiger partial charge >= 0.3 is 0 Å². The molecule has 0 aliphatic heterocycles. The molecule has 6 heteroatoms. The van der Waals surface area contributed by atoms with Gasteiger partial charge in [0.15, 0.2) is 11.3 Å². The Labute approximate surface area is 144 Å². The maximum absolute atomic E-state index is 13.5. The SMILES string of the molecule is Cc1cc(-c2cccc(F)c2)nc2c(C(=O)N[C@H](C)C3CC3)ncn12. The Morgan fingerprint density at radius 2 is 2.16 bits per heavy atom. The quantitative estimate of drug-likeness (QED) is 0.793. The van der Waals surface area contributed by atoms with Crippen molar-refractivity contribution in [3.8, 4) is 11.3 Å². The van der Waals surface area contributed by atoms with Crippen LogP contribution in [0.1, 0.15) is 35.9 Å². The molecule has 128 valence electrons. The minimum atomic E-state index is -0.318. The van der Waals surface area contributed by atoms with Crippen LogP contribution in [0.4, 0.5) is 4.39 Å². The number of carbonyl (C=O) groups excluding carboxylic acids is 1. The maximum Gasteiger partial charge on any atom is 0.274 e. The third-order valence-electron chi connectivity index (χ3n) is 4.72. The van der Waals surface area contributed by atoms with Crippen LogP contribution in [0.25, 0.3) is 16.9 Å². The Balaban J connectivity index is 1.74. The maximum atomic E-state index is 13.5. The molecule has 25 heavy (non-hydrogen) atoms. The number of amides is 1. The molecule has 1 saturated carbocycles. The molecule has 4 rings (SSSR count). The number of aromatic nitrogens is 3. The summed E-state index contributed by atoms with van der Waals surface area (Å²) in [7, 11) is 0. The number of hydrogen-bond donors (Lipinski definition) is 1. The van der Waals surface area contributed by atoms with Crippen molar-refractivity contribution in [1.82, 2.24) is 19.7 Å². The first-order valence-corrected chi connectivity index (χ1v) is 8.44. The van der Waals surface area contributed by atoms with Gasteiger partial charge in [0.1, 0.15) is 12.1 Å². The van der Waals surface area contributed by atoms with E-state index in [1.807, 2.05) is 19.9 Å². The fourth-order valence-electron chi connectivity index (χ4n) is 3.07. The van der Waals surface area contributed by atoms with Crippen molar-refractivity contribution < 1.29 is 9.18 Å². The number of carbonyl (C=O) groups is 1. The van der Waals surface area contributed by atoms with Crippen molar-refractivity contribution >= 4 is 11.6 Å². The molecule has 2 aromatic heterocycles. The summed E-state index contributed by atoms with van der Waals surface area (Å²) in [5, 5.41) is 3.01. The van der Waals surface area contributed by atoms with E-state index in [1.54, 1.807) is 22.9 Å². The number of halogens is 1. The lowest BCUT2D eigenvalue weighted by atomic mass is 10.1. The van der Waals surface area contributed by atoms with Crippen LogP contribution < -0.4 is 5.32 Å². The highest BCUT2D eigenvalue weighted by Crippen LogP contribution is 2.32. The van der Waals surface area contributed by atoms with E-state index in [0.717, 1.165) is 18.5 Å². The Kier molecular flexibility index (Phi) is 3.75. The molecule has 5 nitrogen and oxygen atoms in total. The molecule has 1 N–H and O–H groups in total. The lowest BCUT2D eigenvalue weighted by Crippen LogP contribution is -2.34. The van der Waals surface area contributed by atoms with E-state index in [-0.39, 0.29) is 17.8 Å². The summed E-state index contributed by atoms with van der Waals surface area (Å²) in [6, 6.07) is 8.27. The van der Waals surface area contributed by atoms with Crippen molar-refractivity contribution in [1.29, 1.82) is 0 Å². The summed E-state index contributed by atoms with van der Waals surface area (Å²) in [6.07, 6.45) is 3.92. The highest BCUT2D eigenvalue weighted by molar-refractivity contribution is 5.98. The second kappa shape index (κ2) is 5.95. The predicted molar refractivity (Wildman–Crippen MR) is 92.8 cm³/mol. The zero-order valence-electron chi connectivity index (χ0n) is 14.2. The van der Waals surface area contributed by atoms with Gasteiger partial charge in [-0.3, -0.25) is 9.20 Å². The first-order valence-electron chi connectivity index (χ1n) is 8.44. The van der Waals surface area contributed by atoms with E-state index >= 15 is 0 Å². The van der Waals surface area contributed by atoms with Crippen LogP contribution >= 0.6 is 0 Å². The van der Waals surface area contributed by atoms with Crippen LogP contribution in [0.3, 0.4) is 0 Å². The van der Waals surface area contributed by atoms with Crippen LogP contribution in [-0.4, -0.2) is 26.3 Å². The van der Waals surface area contributed by atoms with Gasteiger partial charge in [0.05, 0.1) is 5.69 Å². The second-order valence-corrected chi connectivity index (χ2v) is 6.68. The normalized spacial score (nSPS) is 15.3. The van der Waals surface area contributed by atoms with Crippen LogP contribution in [0.5, 0.6) is 0 Å². The number of nitrogens with one attached hydrogen (secondary N) is 1. The largest absolute Gasteiger partial charge is 0.348 e. The number of aryl methyl sites for hydroxylation is 1. The monoisotopic (exact) mass is 338 g/mol. The number of imidazole rings is 1. The second-order valence-electron chi connectivity index (χ2n) is 6.68. The van der Waals surface area contributed by atoms with E-state index in [1.165, 1.54) is 12.1 Å². The molecule has 1 aliphatic carbocycles. The summed E-state index contributed by atoms with van der Waals surface area (Å²) in [4.78, 5) is 21.4. The van der Waals surface area contributed by atoms with Crippen molar-refractivity contribution in [2.45, 2.75) is 32.7 Å². The molecule has 1 fully saturated rings. The van der Waals surface area contributed by atoms with Gasteiger partial charge in [-0.15, -0.1) is 0 Å². The predicted octanol–water partition coefficient (Wildman–Crippen LogP) is 3.37. The van der Waals surface area contributed by atoms with Gasteiger partial charge in [-0.1, -0.05) is 12.1 Å². The van der Waals surface area contributed by atoms with Crippen LogP contribution in [0.15, 0.2) is 36.7 Å². The van der Waals surface area contributed by atoms with Gasteiger partial charge in [0.25, 0.3) is 5.91 Å². The zero-order valence-corrected chi connectivity index (χ0v) is 14.2. The van der Waals surface area contributed by atoms with E-state index in [9.17, 15) is 9.18 Å². The van der Waals surface area contributed by atoms with Gasteiger partial charge in [-0.05, 0) is 50.8 Å². The molecule has 1 aromatic carbocycles. The Hall–Kier alpha value is -2.76. The molecule has 2 heterocycles. The van der Waals surface area contributed by atoms with Crippen molar-refractivity contribution in [3.63, 3.8) is 0 Å². The molecule has 1 atom stereocenters. The molecule has 1 aliphatic rings. The van der Waals surface area contributed by atoms with Gasteiger partial charge in [-0.25, -0.2) is 14.4 Å². The molecule has 0 bridgehead atoms. The highest BCUT2D eigenvalue weighted by Gasteiger charge is 2.30. The molecule has 1 amide bonds. The zero-order chi connectivity index (χ0) is 17.6.